The number of carbonyl (C=O) groups is 1. The van der Waals surface area contributed by atoms with Gasteiger partial charge >= 0.3 is 5.97 Å². The molecule has 0 radical (unpaired) electrons. The topological polar surface area (TPSA) is 92.6 Å². The van der Waals surface area contributed by atoms with Crippen LogP contribution in [0.4, 0.5) is 11.4 Å². The van der Waals surface area contributed by atoms with Crippen molar-refractivity contribution in [2.45, 2.75) is 44.6 Å². The monoisotopic (exact) mass is 291 g/mol. The second-order valence-electron chi connectivity index (χ2n) is 5.93. The van der Waals surface area contributed by atoms with E-state index in [1.165, 1.54) is 32.1 Å². The molecule has 0 amide bonds. The minimum Gasteiger partial charge on any atom is -0.478 e. The van der Waals surface area contributed by atoms with Crippen LogP contribution in [0.25, 0.3) is 0 Å². The molecule has 0 spiro atoms. The predicted octanol–water partition coefficient (Wildman–Crippen LogP) is 2.36. The number of aromatic carboxylic acids is 1. The summed E-state index contributed by atoms with van der Waals surface area (Å²) < 4.78 is 0. The third kappa shape index (κ3) is 3.67. The standard InChI is InChI=1S/C16H25N3O2/c1-19(12-5-3-2-4-6-12)10-9-11-7-8-13(16(20)21)15(18)14(11)17/h7-8,12H,2-6,9-10,17-18H2,1H3,(H,20,21). The Morgan fingerprint density at radius 2 is 1.90 bits per heavy atom. The molecule has 21 heavy (non-hydrogen) atoms. The minimum absolute atomic E-state index is 0.0804. The van der Waals surface area contributed by atoms with Crippen molar-refractivity contribution >= 4 is 17.3 Å². The van der Waals surface area contributed by atoms with Gasteiger partial charge in [0.15, 0.2) is 0 Å². The Labute approximate surface area is 125 Å². The number of nitrogens with zero attached hydrogens (tertiary/aromatic N) is 1. The zero-order valence-corrected chi connectivity index (χ0v) is 12.6. The normalized spacial score (nSPS) is 16.3. The smallest absolute Gasteiger partial charge is 0.337 e. The average Bonchev–Trinajstić information content (AvgIpc) is 2.49. The van der Waals surface area contributed by atoms with Gasteiger partial charge in [0.2, 0.25) is 0 Å². The number of hydrogen-bond donors (Lipinski definition) is 3. The van der Waals surface area contributed by atoms with Crippen LogP contribution in [0.3, 0.4) is 0 Å². The van der Waals surface area contributed by atoms with E-state index in [1.807, 2.05) is 0 Å². The number of likely N-dealkylation sites (N-methyl/N-ethyl adjacent to an activating group) is 1. The maximum absolute atomic E-state index is 11.0. The lowest BCUT2D eigenvalue weighted by molar-refractivity contribution is 0.0698. The molecule has 1 saturated carbocycles. The summed E-state index contributed by atoms with van der Waals surface area (Å²) in [6.07, 6.45) is 7.32. The molecule has 5 N–H and O–H groups in total. The van der Waals surface area contributed by atoms with E-state index in [0.717, 1.165) is 18.5 Å². The van der Waals surface area contributed by atoms with E-state index in [4.69, 9.17) is 16.6 Å². The van der Waals surface area contributed by atoms with Gasteiger partial charge in [-0.25, -0.2) is 4.79 Å². The molecular weight excluding hydrogens is 266 g/mol. The van der Waals surface area contributed by atoms with Gasteiger partial charge in [0, 0.05) is 12.6 Å². The van der Waals surface area contributed by atoms with Gasteiger partial charge in [0.05, 0.1) is 16.9 Å². The fraction of sp³-hybridized carbons (Fsp3) is 0.562. The van der Waals surface area contributed by atoms with Gasteiger partial charge in [-0.15, -0.1) is 0 Å². The third-order valence-corrected chi connectivity index (χ3v) is 4.54. The zero-order chi connectivity index (χ0) is 15.4. The highest BCUT2D eigenvalue weighted by molar-refractivity contribution is 5.97. The molecule has 1 aliphatic carbocycles. The van der Waals surface area contributed by atoms with Crippen molar-refractivity contribution in [3.63, 3.8) is 0 Å². The third-order valence-electron chi connectivity index (χ3n) is 4.54. The quantitative estimate of drug-likeness (QED) is 0.724. The van der Waals surface area contributed by atoms with Crippen molar-refractivity contribution < 1.29 is 9.90 Å². The zero-order valence-electron chi connectivity index (χ0n) is 12.6. The first-order valence-electron chi connectivity index (χ1n) is 7.61. The lowest BCUT2D eigenvalue weighted by atomic mass is 9.94. The van der Waals surface area contributed by atoms with Crippen molar-refractivity contribution in [1.29, 1.82) is 0 Å². The Morgan fingerprint density at radius 1 is 1.24 bits per heavy atom. The van der Waals surface area contributed by atoms with Crippen LogP contribution in [0.5, 0.6) is 0 Å². The summed E-state index contributed by atoms with van der Waals surface area (Å²) in [7, 11) is 2.15. The molecule has 0 unspecified atom stereocenters. The highest BCUT2D eigenvalue weighted by atomic mass is 16.4. The van der Waals surface area contributed by atoms with Crippen LogP contribution in [-0.2, 0) is 6.42 Å². The highest BCUT2D eigenvalue weighted by Gasteiger charge is 2.18. The molecule has 5 heteroatoms. The van der Waals surface area contributed by atoms with Gasteiger partial charge < -0.3 is 21.5 Å². The van der Waals surface area contributed by atoms with Gasteiger partial charge in [-0.3, -0.25) is 0 Å². The summed E-state index contributed by atoms with van der Waals surface area (Å²) in [5.41, 5.74) is 13.4. The Hall–Kier alpha value is -1.75. The van der Waals surface area contributed by atoms with E-state index >= 15 is 0 Å². The van der Waals surface area contributed by atoms with Crippen LogP contribution in [0.1, 0.15) is 48.0 Å². The van der Waals surface area contributed by atoms with Crippen molar-refractivity contribution in [2.75, 3.05) is 25.1 Å². The van der Waals surface area contributed by atoms with Crippen LogP contribution in [0, 0.1) is 0 Å². The number of carboxylic acid groups (broad SMARTS) is 1. The van der Waals surface area contributed by atoms with Gasteiger partial charge in [0.25, 0.3) is 0 Å². The summed E-state index contributed by atoms with van der Waals surface area (Å²) >= 11 is 0. The first kappa shape index (κ1) is 15.6. The van der Waals surface area contributed by atoms with Crippen molar-refractivity contribution in [3.8, 4) is 0 Å². The van der Waals surface area contributed by atoms with E-state index in [9.17, 15) is 4.79 Å². The fourth-order valence-electron chi connectivity index (χ4n) is 3.09. The molecule has 1 fully saturated rings. The maximum Gasteiger partial charge on any atom is 0.337 e. The largest absolute Gasteiger partial charge is 0.478 e. The second kappa shape index (κ2) is 6.80. The summed E-state index contributed by atoms with van der Waals surface area (Å²) in [4.78, 5) is 13.4. The van der Waals surface area contributed by atoms with Crippen LogP contribution in [-0.4, -0.2) is 35.6 Å². The maximum atomic E-state index is 11.0. The number of benzene rings is 1. The molecular formula is C16H25N3O2. The molecule has 2 rings (SSSR count). The molecule has 0 aliphatic heterocycles. The van der Waals surface area contributed by atoms with E-state index in [0.29, 0.717) is 11.7 Å². The molecule has 5 nitrogen and oxygen atoms in total. The first-order valence-corrected chi connectivity index (χ1v) is 7.61. The molecule has 0 heterocycles. The van der Waals surface area contributed by atoms with E-state index < -0.39 is 5.97 Å². The van der Waals surface area contributed by atoms with Crippen LogP contribution >= 0.6 is 0 Å². The molecule has 116 valence electrons. The Kier molecular flexibility index (Phi) is 5.07. The second-order valence-corrected chi connectivity index (χ2v) is 5.93. The summed E-state index contributed by atoms with van der Waals surface area (Å²) in [6.45, 7) is 0.917. The number of anilines is 2. The van der Waals surface area contributed by atoms with Gasteiger partial charge in [-0.05, 0) is 37.9 Å². The van der Waals surface area contributed by atoms with E-state index in [1.54, 1.807) is 12.1 Å². The first-order chi connectivity index (χ1) is 10.0. The Morgan fingerprint density at radius 3 is 2.52 bits per heavy atom. The number of rotatable bonds is 5. The minimum atomic E-state index is -1.04. The summed E-state index contributed by atoms with van der Waals surface area (Å²) in [5.74, 6) is -1.04. The van der Waals surface area contributed by atoms with Gasteiger partial charge in [0.1, 0.15) is 0 Å². The lowest BCUT2D eigenvalue weighted by Crippen LogP contribution is -2.34. The summed E-state index contributed by atoms with van der Waals surface area (Å²) in [6, 6.07) is 3.99. The van der Waals surface area contributed by atoms with E-state index in [-0.39, 0.29) is 11.3 Å². The summed E-state index contributed by atoms with van der Waals surface area (Å²) in [5, 5.41) is 9.03. The molecule has 1 aromatic carbocycles. The number of nitrogen functional groups attached to an aromatic ring is 2. The van der Waals surface area contributed by atoms with Crippen LogP contribution in [0.15, 0.2) is 12.1 Å². The molecule has 1 aromatic rings. The van der Waals surface area contributed by atoms with Crippen LogP contribution in [0.2, 0.25) is 0 Å². The Bertz CT molecular complexity index is 510. The molecule has 0 bridgehead atoms. The number of hydrogen-bond acceptors (Lipinski definition) is 4. The average molecular weight is 291 g/mol. The number of carboxylic acids is 1. The Balaban J connectivity index is 1.99. The SMILES string of the molecule is CN(CCc1ccc(C(=O)O)c(N)c1N)C1CCCCC1. The van der Waals surface area contributed by atoms with Gasteiger partial charge in [-0.1, -0.05) is 25.3 Å². The number of nitrogens with two attached hydrogens (primary N) is 2. The van der Waals surface area contributed by atoms with Crippen molar-refractivity contribution in [1.82, 2.24) is 4.90 Å². The fourth-order valence-corrected chi connectivity index (χ4v) is 3.09. The van der Waals surface area contributed by atoms with E-state index in [2.05, 4.69) is 11.9 Å². The lowest BCUT2D eigenvalue weighted by Gasteiger charge is -2.31. The molecule has 0 aromatic heterocycles. The predicted molar refractivity (Wildman–Crippen MR) is 85.4 cm³/mol. The van der Waals surface area contributed by atoms with Crippen LogP contribution < -0.4 is 11.5 Å². The van der Waals surface area contributed by atoms with Gasteiger partial charge in [-0.2, -0.15) is 0 Å². The molecule has 1 aliphatic rings. The van der Waals surface area contributed by atoms with Crippen molar-refractivity contribution in [3.05, 3.63) is 23.3 Å². The molecule has 0 saturated heterocycles. The molecule has 0 atom stereocenters. The highest BCUT2D eigenvalue weighted by Crippen LogP contribution is 2.26. The van der Waals surface area contributed by atoms with Crippen molar-refractivity contribution in [2.24, 2.45) is 0 Å².